The van der Waals surface area contributed by atoms with Crippen LogP contribution in [0.1, 0.15) is 18.4 Å². The van der Waals surface area contributed by atoms with E-state index in [1.54, 1.807) is 0 Å². The van der Waals surface area contributed by atoms with Crippen molar-refractivity contribution in [3.05, 3.63) is 22.8 Å². The van der Waals surface area contributed by atoms with E-state index in [-0.39, 0.29) is 18.7 Å². The lowest BCUT2D eigenvalue weighted by Crippen LogP contribution is -2.29. The van der Waals surface area contributed by atoms with Gasteiger partial charge in [0.1, 0.15) is 5.82 Å². The molecule has 8 heteroatoms. The summed E-state index contributed by atoms with van der Waals surface area (Å²) in [5.74, 6) is -1.17. The third kappa shape index (κ3) is 2.17. The van der Waals surface area contributed by atoms with E-state index in [1.165, 1.54) is 0 Å². The molecule has 96 valence electrons. The third-order valence-electron chi connectivity index (χ3n) is 2.43. The zero-order valence-electron chi connectivity index (χ0n) is 8.79. The van der Waals surface area contributed by atoms with Gasteiger partial charge in [0.2, 0.25) is 11.8 Å². The number of amides is 2. The van der Waals surface area contributed by atoms with E-state index in [0.717, 1.165) is 11.0 Å². The number of alkyl halides is 3. The molecule has 0 bridgehead atoms. The Balaban J connectivity index is 2.41. The first-order chi connectivity index (χ1) is 8.30. The highest BCUT2D eigenvalue weighted by Crippen LogP contribution is 2.36. The maximum atomic E-state index is 12.4. The highest BCUT2D eigenvalue weighted by molar-refractivity contribution is 6.32. The first kappa shape index (κ1) is 12.8. The van der Waals surface area contributed by atoms with Crippen LogP contribution in [0.15, 0.2) is 12.3 Å². The molecule has 0 N–H and O–H groups in total. The zero-order valence-corrected chi connectivity index (χ0v) is 9.55. The van der Waals surface area contributed by atoms with Gasteiger partial charge >= 0.3 is 6.18 Å². The van der Waals surface area contributed by atoms with Gasteiger partial charge in [0.15, 0.2) is 0 Å². The summed E-state index contributed by atoms with van der Waals surface area (Å²) in [6.07, 6.45) is -4.06. The van der Waals surface area contributed by atoms with E-state index in [4.69, 9.17) is 11.6 Å². The van der Waals surface area contributed by atoms with E-state index >= 15 is 0 Å². The summed E-state index contributed by atoms with van der Waals surface area (Å²) in [5.41, 5.74) is -1.10. The van der Waals surface area contributed by atoms with Crippen molar-refractivity contribution in [1.82, 2.24) is 4.98 Å². The molecule has 18 heavy (non-hydrogen) atoms. The van der Waals surface area contributed by atoms with Crippen LogP contribution in [0.2, 0.25) is 5.02 Å². The van der Waals surface area contributed by atoms with E-state index in [9.17, 15) is 22.8 Å². The van der Waals surface area contributed by atoms with Crippen molar-refractivity contribution in [1.29, 1.82) is 0 Å². The number of pyridine rings is 1. The summed E-state index contributed by atoms with van der Waals surface area (Å²) in [7, 11) is 0. The maximum Gasteiger partial charge on any atom is 0.419 e. The second-order valence-electron chi connectivity index (χ2n) is 3.64. The molecule has 4 nitrogen and oxygen atoms in total. The number of carbonyl (C=O) groups is 2. The van der Waals surface area contributed by atoms with Crippen LogP contribution >= 0.6 is 11.6 Å². The van der Waals surface area contributed by atoms with Crippen LogP contribution in [0, 0.1) is 0 Å². The highest BCUT2D eigenvalue weighted by Gasteiger charge is 2.36. The van der Waals surface area contributed by atoms with E-state index in [0.29, 0.717) is 6.20 Å². The Morgan fingerprint density at radius 1 is 1.22 bits per heavy atom. The molecular weight excluding hydrogens is 273 g/mol. The number of aromatic nitrogens is 1. The minimum absolute atomic E-state index is 0.0269. The summed E-state index contributed by atoms with van der Waals surface area (Å²) in [4.78, 5) is 27.0. The van der Waals surface area contributed by atoms with Crippen molar-refractivity contribution in [3.8, 4) is 0 Å². The SMILES string of the molecule is O=C1CCC(=O)N1c1cc(Cl)c(C(F)(F)F)cn1. The number of imide groups is 1. The maximum absolute atomic E-state index is 12.4. The molecular formula is C10H6ClF3N2O2. The lowest BCUT2D eigenvalue weighted by atomic mass is 10.2. The van der Waals surface area contributed by atoms with Gasteiger partial charge in [-0.1, -0.05) is 11.6 Å². The molecule has 2 amide bonds. The number of halogens is 4. The van der Waals surface area contributed by atoms with Gasteiger partial charge in [0.25, 0.3) is 0 Å². The summed E-state index contributed by atoms with van der Waals surface area (Å²) < 4.78 is 37.3. The summed E-state index contributed by atoms with van der Waals surface area (Å²) in [6.45, 7) is 0. The summed E-state index contributed by atoms with van der Waals surface area (Å²) in [5, 5.41) is -0.597. The molecule has 1 aromatic heterocycles. The van der Waals surface area contributed by atoms with Crippen molar-refractivity contribution >= 4 is 29.2 Å². The molecule has 0 spiro atoms. The predicted molar refractivity (Wildman–Crippen MR) is 56.0 cm³/mol. The van der Waals surface area contributed by atoms with Crippen LogP contribution in [-0.2, 0) is 15.8 Å². The molecule has 2 rings (SSSR count). The average molecular weight is 279 g/mol. The van der Waals surface area contributed by atoms with Crippen molar-refractivity contribution in [2.24, 2.45) is 0 Å². The second kappa shape index (κ2) is 4.24. The Bertz CT molecular complexity index is 514. The quantitative estimate of drug-likeness (QED) is 0.741. The fourth-order valence-corrected chi connectivity index (χ4v) is 1.84. The van der Waals surface area contributed by atoms with Gasteiger partial charge in [-0.3, -0.25) is 9.59 Å². The van der Waals surface area contributed by atoms with Crippen LogP contribution < -0.4 is 4.90 Å². The number of rotatable bonds is 1. The molecule has 0 unspecified atom stereocenters. The topological polar surface area (TPSA) is 50.3 Å². The molecule has 1 aliphatic heterocycles. The highest BCUT2D eigenvalue weighted by atomic mass is 35.5. The Morgan fingerprint density at radius 2 is 1.78 bits per heavy atom. The Kier molecular flexibility index (Phi) is 3.02. The van der Waals surface area contributed by atoms with Gasteiger partial charge in [-0.15, -0.1) is 0 Å². The molecule has 1 fully saturated rings. The Hall–Kier alpha value is -1.63. The molecule has 0 aliphatic carbocycles. The monoisotopic (exact) mass is 278 g/mol. The van der Waals surface area contributed by atoms with Crippen LogP contribution in [0.3, 0.4) is 0 Å². The number of hydrogen-bond donors (Lipinski definition) is 0. The van der Waals surface area contributed by atoms with Crippen LogP contribution in [-0.4, -0.2) is 16.8 Å². The molecule has 1 aliphatic rings. The second-order valence-corrected chi connectivity index (χ2v) is 4.05. The van der Waals surface area contributed by atoms with Crippen LogP contribution in [0.25, 0.3) is 0 Å². The molecule has 0 atom stereocenters. The standard InChI is InChI=1S/C10H6ClF3N2O2/c11-6-3-7(15-4-5(6)10(12,13)14)16-8(17)1-2-9(16)18/h3-4H,1-2H2. The zero-order chi connectivity index (χ0) is 13.5. The molecule has 2 heterocycles. The van der Waals surface area contributed by atoms with E-state index in [1.807, 2.05) is 0 Å². The number of hydrogen-bond acceptors (Lipinski definition) is 3. The summed E-state index contributed by atoms with van der Waals surface area (Å²) in [6, 6.07) is 0.867. The Morgan fingerprint density at radius 3 is 2.22 bits per heavy atom. The van der Waals surface area contributed by atoms with Gasteiger partial charge in [-0.2, -0.15) is 13.2 Å². The number of anilines is 1. The summed E-state index contributed by atoms with van der Waals surface area (Å²) >= 11 is 5.48. The van der Waals surface area contributed by atoms with Crippen molar-refractivity contribution in [3.63, 3.8) is 0 Å². The van der Waals surface area contributed by atoms with Gasteiger partial charge in [0, 0.05) is 25.1 Å². The van der Waals surface area contributed by atoms with Crippen molar-refractivity contribution in [2.45, 2.75) is 19.0 Å². The smallest absolute Gasteiger partial charge is 0.274 e. The Labute approximate surface area is 104 Å². The first-order valence-electron chi connectivity index (χ1n) is 4.89. The van der Waals surface area contributed by atoms with Gasteiger partial charge < -0.3 is 0 Å². The van der Waals surface area contributed by atoms with Gasteiger partial charge in [-0.25, -0.2) is 9.88 Å². The lowest BCUT2D eigenvalue weighted by Gasteiger charge is -2.14. The molecule has 0 radical (unpaired) electrons. The fraction of sp³-hybridized carbons (Fsp3) is 0.300. The van der Waals surface area contributed by atoms with Crippen LogP contribution in [0.4, 0.5) is 19.0 Å². The van der Waals surface area contributed by atoms with E-state index in [2.05, 4.69) is 4.98 Å². The largest absolute Gasteiger partial charge is 0.419 e. The van der Waals surface area contributed by atoms with E-state index < -0.39 is 28.6 Å². The molecule has 1 saturated heterocycles. The third-order valence-corrected chi connectivity index (χ3v) is 2.74. The first-order valence-corrected chi connectivity index (χ1v) is 5.27. The van der Waals surface area contributed by atoms with Gasteiger partial charge in [0.05, 0.1) is 10.6 Å². The normalized spacial score (nSPS) is 16.6. The van der Waals surface area contributed by atoms with Crippen LogP contribution in [0.5, 0.6) is 0 Å². The molecule has 0 saturated carbocycles. The molecule has 0 aromatic carbocycles. The van der Waals surface area contributed by atoms with Crippen molar-refractivity contribution < 1.29 is 22.8 Å². The fourth-order valence-electron chi connectivity index (χ4n) is 1.58. The van der Waals surface area contributed by atoms with Gasteiger partial charge in [-0.05, 0) is 0 Å². The average Bonchev–Trinajstić information content (AvgIpc) is 2.56. The lowest BCUT2D eigenvalue weighted by molar-refractivity contribution is -0.137. The minimum Gasteiger partial charge on any atom is -0.274 e. The predicted octanol–water partition coefficient (Wildman–Crippen LogP) is 2.41. The molecule has 1 aromatic rings. The number of nitrogens with zero attached hydrogens (tertiary/aromatic N) is 2. The number of carbonyl (C=O) groups excluding carboxylic acids is 2. The minimum atomic E-state index is -4.62. The van der Waals surface area contributed by atoms with Crippen molar-refractivity contribution in [2.75, 3.05) is 4.90 Å².